The van der Waals surface area contributed by atoms with E-state index in [1.54, 1.807) is 31.3 Å². The highest BCUT2D eigenvalue weighted by Crippen LogP contribution is 2.30. The molecule has 174 valence electrons. The Labute approximate surface area is 194 Å². The van der Waals surface area contributed by atoms with Gasteiger partial charge in [0, 0.05) is 30.8 Å². The van der Waals surface area contributed by atoms with Crippen molar-refractivity contribution in [2.75, 3.05) is 24.6 Å². The van der Waals surface area contributed by atoms with Gasteiger partial charge in [0.05, 0.1) is 25.4 Å². The maximum Gasteiger partial charge on any atom is 0.414 e. The third-order valence-electron chi connectivity index (χ3n) is 4.93. The Morgan fingerprint density at radius 3 is 2.79 bits per heavy atom. The number of tetrazole rings is 1. The van der Waals surface area contributed by atoms with E-state index in [1.165, 1.54) is 21.8 Å². The van der Waals surface area contributed by atoms with Crippen molar-refractivity contribution in [2.24, 2.45) is 12.8 Å². The van der Waals surface area contributed by atoms with Gasteiger partial charge in [0.15, 0.2) is 5.82 Å². The van der Waals surface area contributed by atoms with Gasteiger partial charge in [-0.2, -0.15) is 0 Å². The second-order valence-electron chi connectivity index (χ2n) is 7.05. The fraction of sp³-hybridized carbons (Fsp3) is 0.300. The molecule has 3 aromatic rings. The van der Waals surface area contributed by atoms with Gasteiger partial charge in [-0.1, -0.05) is 6.07 Å². The molecule has 11 nitrogen and oxygen atoms in total. The zero-order chi connectivity index (χ0) is 22.7. The quantitative estimate of drug-likeness (QED) is 0.504. The summed E-state index contributed by atoms with van der Waals surface area (Å²) >= 11 is 0. The lowest BCUT2D eigenvalue weighted by Crippen LogP contribution is -2.25. The Morgan fingerprint density at radius 2 is 2.15 bits per heavy atom. The van der Waals surface area contributed by atoms with Crippen LogP contribution in [0.3, 0.4) is 0 Å². The molecule has 0 bridgehead atoms. The molecule has 1 aliphatic rings. The van der Waals surface area contributed by atoms with Gasteiger partial charge in [0.2, 0.25) is 0 Å². The largest absolute Gasteiger partial charge is 0.465 e. The fourth-order valence-electron chi connectivity index (χ4n) is 3.28. The molecule has 1 atom stereocenters. The van der Waals surface area contributed by atoms with Crippen LogP contribution in [-0.4, -0.2) is 63.1 Å². The van der Waals surface area contributed by atoms with Crippen molar-refractivity contribution in [3.05, 3.63) is 42.3 Å². The Balaban J connectivity index is 0.00000306. The molecular weight excluding hydrogens is 457 g/mol. The predicted molar refractivity (Wildman–Crippen MR) is 117 cm³/mol. The standard InChI is InChI=1S/C20H20FN7O4.ClH/c1-27-19(24-25-26-27)17-5-2-12(10-23-17)15-4-3-13(8-16(15)21)28-11-14(32-20(28)30)6-7-31-18(29)9-22;/h2-5,8,10,14H,6-7,9,11,22H2,1H3;1H/t14-;/m1./s1. The Kier molecular flexibility index (Phi) is 7.51. The van der Waals surface area contributed by atoms with E-state index in [9.17, 15) is 14.0 Å². The van der Waals surface area contributed by atoms with Crippen LogP contribution >= 0.6 is 12.4 Å². The van der Waals surface area contributed by atoms with Crippen molar-refractivity contribution in [2.45, 2.75) is 12.5 Å². The van der Waals surface area contributed by atoms with E-state index in [1.807, 2.05) is 0 Å². The first-order valence-corrected chi connectivity index (χ1v) is 9.79. The lowest BCUT2D eigenvalue weighted by molar-refractivity contribution is -0.142. The first-order valence-electron chi connectivity index (χ1n) is 9.79. The zero-order valence-corrected chi connectivity index (χ0v) is 18.4. The van der Waals surface area contributed by atoms with Crippen LogP contribution in [0.4, 0.5) is 14.9 Å². The topological polar surface area (TPSA) is 138 Å². The summed E-state index contributed by atoms with van der Waals surface area (Å²) in [6.07, 6.45) is 0.802. The molecular formula is C20H21ClFN7O4. The van der Waals surface area contributed by atoms with Crippen molar-refractivity contribution < 1.29 is 23.5 Å². The van der Waals surface area contributed by atoms with Gasteiger partial charge in [0.25, 0.3) is 0 Å². The first-order chi connectivity index (χ1) is 15.5. The molecule has 0 saturated carbocycles. The van der Waals surface area contributed by atoms with Gasteiger partial charge in [-0.15, -0.1) is 17.5 Å². The van der Waals surface area contributed by atoms with Crippen molar-refractivity contribution in [1.82, 2.24) is 25.2 Å². The summed E-state index contributed by atoms with van der Waals surface area (Å²) in [5.41, 5.74) is 7.00. The summed E-state index contributed by atoms with van der Waals surface area (Å²) in [4.78, 5) is 28.9. The number of benzene rings is 1. The third kappa shape index (κ3) is 5.23. The molecule has 2 aromatic heterocycles. The van der Waals surface area contributed by atoms with E-state index in [2.05, 4.69) is 20.5 Å². The van der Waals surface area contributed by atoms with Crippen molar-refractivity contribution in [1.29, 1.82) is 0 Å². The van der Waals surface area contributed by atoms with Gasteiger partial charge in [-0.3, -0.25) is 14.7 Å². The number of rotatable bonds is 7. The number of carbonyl (C=O) groups is 2. The highest BCUT2D eigenvalue weighted by Gasteiger charge is 2.32. The number of halogens is 2. The van der Waals surface area contributed by atoms with E-state index in [0.29, 0.717) is 34.8 Å². The molecule has 0 aliphatic carbocycles. The van der Waals surface area contributed by atoms with Crippen molar-refractivity contribution in [3.8, 4) is 22.6 Å². The van der Waals surface area contributed by atoms with E-state index in [4.69, 9.17) is 15.2 Å². The number of nitrogens with two attached hydrogens (primary N) is 1. The first kappa shape index (κ1) is 24.0. The number of cyclic esters (lactones) is 1. The summed E-state index contributed by atoms with van der Waals surface area (Å²) in [5, 5.41) is 11.2. The minimum atomic E-state index is -0.587. The summed E-state index contributed by atoms with van der Waals surface area (Å²) in [7, 11) is 1.70. The predicted octanol–water partition coefficient (Wildman–Crippen LogP) is 1.72. The number of amides is 1. The molecule has 0 unspecified atom stereocenters. The number of nitrogens with zero attached hydrogens (tertiary/aromatic N) is 6. The second kappa shape index (κ2) is 10.3. The van der Waals surface area contributed by atoms with Crippen molar-refractivity contribution >= 4 is 30.2 Å². The molecule has 1 aliphatic heterocycles. The minimum Gasteiger partial charge on any atom is -0.465 e. The van der Waals surface area contributed by atoms with E-state index < -0.39 is 24.0 Å². The van der Waals surface area contributed by atoms with Crippen LogP contribution in [-0.2, 0) is 21.3 Å². The Bertz CT molecular complexity index is 1140. The summed E-state index contributed by atoms with van der Waals surface area (Å²) in [5.74, 6) is -0.544. The van der Waals surface area contributed by atoms with E-state index in [0.717, 1.165) is 0 Å². The molecule has 1 amide bonds. The average Bonchev–Trinajstić information content (AvgIpc) is 3.39. The number of hydrogen-bond donors (Lipinski definition) is 1. The van der Waals surface area contributed by atoms with Gasteiger partial charge >= 0.3 is 12.1 Å². The molecule has 0 spiro atoms. The van der Waals surface area contributed by atoms with Gasteiger partial charge in [-0.25, -0.2) is 13.9 Å². The van der Waals surface area contributed by atoms with Gasteiger partial charge in [0.1, 0.15) is 17.6 Å². The van der Waals surface area contributed by atoms with Gasteiger partial charge in [-0.05, 0) is 34.7 Å². The molecule has 1 saturated heterocycles. The maximum absolute atomic E-state index is 14.9. The smallest absolute Gasteiger partial charge is 0.414 e. The fourth-order valence-corrected chi connectivity index (χ4v) is 3.28. The second-order valence-corrected chi connectivity index (χ2v) is 7.05. The highest BCUT2D eigenvalue weighted by molar-refractivity contribution is 5.90. The van der Waals surface area contributed by atoms with E-state index >= 15 is 0 Å². The number of pyridine rings is 1. The Morgan fingerprint density at radius 1 is 1.33 bits per heavy atom. The molecule has 4 rings (SSSR count). The van der Waals surface area contributed by atoms with Crippen LogP contribution in [0.5, 0.6) is 0 Å². The molecule has 33 heavy (non-hydrogen) atoms. The number of aromatic nitrogens is 5. The number of aryl methyl sites for hydroxylation is 1. The zero-order valence-electron chi connectivity index (χ0n) is 17.5. The lowest BCUT2D eigenvalue weighted by atomic mass is 10.1. The van der Waals surface area contributed by atoms with Crippen LogP contribution in [0.2, 0.25) is 0 Å². The van der Waals surface area contributed by atoms with Crippen molar-refractivity contribution in [3.63, 3.8) is 0 Å². The van der Waals surface area contributed by atoms with Gasteiger partial charge < -0.3 is 15.2 Å². The van der Waals surface area contributed by atoms with Crippen LogP contribution < -0.4 is 10.6 Å². The molecule has 0 radical (unpaired) electrons. The molecule has 3 heterocycles. The number of esters is 1. The third-order valence-corrected chi connectivity index (χ3v) is 4.93. The minimum absolute atomic E-state index is 0. The molecule has 13 heteroatoms. The van der Waals surface area contributed by atoms with Crippen LogP contribution in [0.1, 0.15) is 6.42 Å². The van der Waals surface area contributed by atoms with E-state index in [-0.39, 0.29) is 32.1 Å². The molecule has 2 N–H and O–H groups in total. The molecule has 1 fully saturated rings. The average molecular weight is 478 g/mol. The summed E-state index contributed by atoms with van der Waals surface area (Å²) in [6, 6.07) is 7.91. The van der Waals surface area contributed by atoms with Crippen LogP contribution in [0.25, 0.3) is 22.6 Å². The number of anilines is 1. The summed E-state index contributed by atoms with van der Waals surface area (Å²) < 4.78 is 26.5. The number of hydrogen-bond acceptors (Lipinski definition) is 9. The maximum atomic E-state index is 14.9. The highest BCUT2D eigenvalue weighted by atomic mass is 35.5. The Hall–Kier alpha value is -3.64. The number of ether oxygens (including phenoxy) is 2. The monoisotopic (exact) mass is 477 g/mol. The summed E-state index contributed by atoms with van der Waals surface area (Å²) in [6.45, 7) is 0.0974. The lowest BCUT2D eigenvalue weighted by Gasteiger charge is -2.14. The number of carbonyl (C=O) groups excluding carboxylic acids is 2. The SMILES string of the molecule is Cl.Cn1nnnc1-c1ccc(-c2ccc(N3C[C@@H](CCOC(=O)CN)OC3=O)cc2F)cn1. The van der Waals surface area contributed by atoms with Crippen LogP contribution in [0.15, 0.2) is 36.5 Å². The molecule has 1 aromatic carbocycles. The normalized spacial score (nSPS) is 15.2. The van der Waals surface area contributed by atoms with Crippen LogP contribution in [0, 0.1) is 5.82 Å².